The second-order valence-electron chi connectivity index (χ2n) is 3.96. The molecule has 0 aromatic heterocycles. The van der Waals surface area contributed by atoms with Crippen molar-refractivity contribution < 1.29 is 18.4 Å². The number of benzene rings is 1. The summed E-state index contributed by atoms with van der Waals surface area (Å²) in [4.78, 5) is 22.5. The van der Waals surface area contributed by atoms with E-state index < -0.39 is 23.4 Å². The normalized spacial score (nSPS) is 9.68. The number of hydrazone groups is 1. The van der Waals surface area contributed by atoms with E-state index in [9.17, 15) is 18.4 Å². The summed E-state index contributed by atoms with van der Waals surface area (Å²) >= 11 is 0. The Kier molecular flexibility index (Phi) is 5.11. The van der Waals surface area contributed by atoms with E-state index in [0.717, 1.165) is 18.2 Å². The molecule has 5 nitrogen and oxygen atoms in total. The number of nitrogens with zero attached hydrogens (tertiary/aromatic N) is 1. The first-order chi connectivity index (χ1) is 8.88. The molecule has 0 heterocycles. The predicted octanol–water partition coefficient (Wildman–Crippen LogP) is 1.09. The van der Waals surface area contributed by atoms with Crippen molar-refractivity contribution in [2.75, 3.05) is 0 Å². The molecule has 0 aliphatic rings. The number of carbonyl (C=O) groups is 2. The van der Waals surface area contributed by atoms with E-state index in [1.807, 2.05) is 5.43 Å². The molecule has 2 amide bonds. The van der Waals surface area contributed by atoms with Crippen molar-refractivity contribution in [3.63, 3.8) is 0 Å². The fourth-order valence-corrected chi connectivity index (χ4v) is 1.19. The number of hydrogen-bond acceptors (Lipinski definition) is 3. The van der Waals surface area contributed by atoms with Crippen LogP contribution in [-0.4, -0.2) is 17.5 Å². The van der Waals surface area contributed by atoms with Gasteiger partial charge >= 0.3 is 11.8 Å². The van der Waals surface area contributed by atoms with Crippen molar-refractivity contribution >= 4 is 17.5 Å². The smallest absolute Gasteiger partial charge is 0.329 e. The molecule has 19 heavy (non-hydrogen) atoms. The molecule has 0 fully saturated rings. The van der Waals surface area contributed by atoms with Gasteiger partial charge in [0.15, 0.2) is 0 Å². The Morgan fingerprint density at radius 1 is 1.11 bits per heavy atom. The van der Waals surface area contributed by atoms with E-state index in [-0.39, 0.29) is 12.1 Å². The van der Waals surface area contributed by atoms with Gasteiger partial charge in [-0.3, -0.25) is 9.59 Å². The summed E-state index contributed by atoms with van der Waals surface area (Å²) < 4.78 is 25.7. The van der Waals surface area contributed by atoms with Crippen molar-refractivity contribution in [2.24, 2.45) is 5.10 Å². The fraction of sp³-hybridized carbons (Fsp3) is 0.250. The second kappa shape index (κ2) is 6.58. The first kappa shape index (κ1) is 14.7. The molecule has 1 aromatic rings. The fourth-order valence-electron chi connectivity index (χ4n) is 1.19. The van der Waals surface area contributed by atoms with Gasteiger partial charge in [0.2, 0.25) is 0 Å². The van der Waals surface area contributed by atoms with Gasteiger partial charge in [-0.25, -0.2) is 14.2 Å². The van der Waals surface area contributed by atoms with Gasteiger partial charge in [-0.05, 0) is 31.5 Å². The molecule has 0 atom stereocenters. The highest BCUT2D eigenvalue weighted by Crippen LogP contribution is 2.07. The Morgan fingerprint density at radius 2 is 1.68 bits per heavy atom. The van der Waals surface area contributed by atoms with Gasteiger partial charge in [0.05, 0.1) is 0 Å². The Balaban J connectivity index is 2.54. The predicted molar refractivity (Wildman–Crippen MR) is 65.1 cm³/mol. The van der Waals surface area contributed by atoms with Crippen LogP contribution in [0.1, 0.15) is 19.4 Å². The third-order valence-corrected chi connectivity index (χ3v) is 1.96. The summed E-state index contributed by atoms with van der Waals surface area (Å²) in [7, 11) is 0. The Bertz CT molecular complexity index is 505. The molecule has 0 saturated heterocycles. The first-order valence-electron chi connectivity index (χ1n) is 5.42. The highest BCUT2D eigenvalue weighted by molar-refractivity contribution is 6.35. The highest BCUT2D eigenvalue weighted by Gasteiger charge is 2.12. The maximum Gasteiger partial charge on any atom is 0.329 e. The summed E-state index contributed by atoms with van der Waals surface area (Å²) in [6.45, 7) is 3.14. The van der Waals surface area contributed by atoms with Crippen LogP contribution in [0.4, 0.5) is 8.78 Å². The lowest BCUT2D eigenvalue weighted by Crippen LogP contribution is -2.37. The third kappa shape index (κ3) is 5.24. The van der Waals surface area contributed by atoms with Crippen LogP contribution in [0.25, 0.3) is 0 Å². The first-order valence-corrected chi connectivity index (χ1v) is 5.42. The van der Waals surface area contributed by atoms with Crippen LogP contribution in [0, 0.1) is 11.6 Å². The van der Waals surface area contributed by atoms with Gasteiger partial charge in [-0.15, -0.1) is 0 Å². The Hall–Kier alpha value is -2.31. The van der Waals surface area contributed by atoms with Gasteiger partial charge in [-0.1, -0.05) is 0 Å². The maximum atomic E-state index is 12.9. The lowest BCUT2D eigenvalue weighted by Gasteiger charge is -2.05. The van der Waals surface area contributed by atoms with Gasteiger partial charge in [0.25, 0.3) is 0 Å². The van der Waals surface area contributed by atoms with Crippen LogP contribution < -0.4 is 10.7 Å². The van der Waals surface area contributed by atoms with Gasteiger partial charge in [0.1, 0.15) is 11.6 Å². The van der Waals surface area contributed by atoms with E-state index in [1.54, 1.807) is 13.8 Å². The molecular weight excluding hydrogens is 256 g/mol. The number of rotatable bonds is 3. The zero-order valence-electron chi connectivity index (χ0n) is 10.5. The van der Waals surface area contributed by atoms with Gasteiger partial charge < -0.3 is 5.32 Å². The summed E-state index contributed by atoms with van der Waals surface area (Å²) in [5.41, 5.74) is 2.82. The summed E-state index contributed by atoms with van der Waals surface area (Å²) in [6, 6.07) is 2.85. The van der Waals surface area contributed by atoms with Crippen LogP contribution in [0.5, 0.6) is 0 Å². The van der Waals surface area contributed by atoms with Crippen molar-refractivity contribution in [2.45, 2.75) is 20.4 Å². The molecule has 0 unspecified atom stereocenters. The van der Waals surface area contributed by atoms with Crippen LogP contribution in [0.2, 0.25) is 0 Å². The topological polar surface area (TPSA) is 70.6 Å². The molecule has 1 rings (SSSR count). The van der Waals surface area contributed by atoms with Crippen LogP contribution in [0.3, 0.4) is 0 Å². The van der Waals surface area contributed by atoms with Crippen molar-refractivity contribution in [1.82, 2.24) is 10.7 Å². The Labute approximate surface area is 108 Å². The van der Waals surface area contributed by atoms with Crippen molar-refractivity contribution in [1.29, 1.82) is 0 Å². The zero-order chi connectivity index (χ0) is 14.4. The highest BCUT2D eigenvalue weighted by atomic mass is 19.1. The average Bonchev–Trinajstić information content (AvgIpc) is 2.31. The number of halogens is 2. The molecule has 102 valence electrons. The van der Waals surface area contributed by atoms with Gasteiger partial charge in [0, 0.05) is 18.3 Å². The average molecular weight is 269 g/mol. The Morgan fingerprint density at radius 3 is 2.21 bits per heavy atom. The van der Waals surface area contributed by atoms with Crippen LogP contribution in [-0.2, 0) is 16.1 Å². The maximum absolute atomic E-state index is 12.9. The monoisotopic (exact) mass is 269 g/mol. The molecule has 2 N–H and O–H groups in total. The van der Waals surface area contributed by atoms with E-state index in [4.69, 9.17) is 0 Å². The van der Waals surface area contributed by atoms with Crippen molar-refractivity contribution in [3.05, 3.63) is 35.4 Å². The summed E-state index contributed by atoms with van der Waals surface area (Å²) in [5.74, 6) is -3.38. The summed E-state index contributed by atoms with van der Waals surface area (Å²) in [5, 5.41) is 5.79. The molecule has 0 bridgehead atoms. The number of nitrogens with one attached hydrogen (secondary N) is 2. The largest absolute Gasteiger partial charge is 0.344 e. The number of carbonyl (C=O) groups excluding carboxylic acids is 2. The summed E-state index contributed by atoms with van der Waals surface area (Å²) in [6.07, 6.45) is 0. The molecule has 0 aliphatic carbocycles. The number of amides is 2. The third-order valence-electron chi connectivity index (χ3n) is 1.96. The lowest BCUT2D eigenvalue weighted by atomic mass is 10.2. The minimum Gasteiger partial charge on any atom is -0.344 e. The van der Waals surface area contributed by atoms with Crippen LogP contribution in [0.15, 0.2) is 23.3 Å². The molecule has 1 aromatic carbocycles. The SMILES string of the molecule is CC(C)=NNC(=O)C(=O)NCc1cc(F)cc(F)c1. The van der Waals surface area contributed by atoms with E-state index in [1.165, 1.54) is 0 Å². The minimum absolute atomic E-state index is 0.157. The van der Waals surface area contributed by atoms with Crippen molar-refractivity contribution in [3.8, 4) is 0 Å². The molecule has 0 saturated carbocycles. The molecule has 0 radical (unpaired) electrons. The lowest BCUT2D eigenvalue weighted by molar-refractivity contribution is -0.139. The minimum atomic E-state index is -0.946. The molecular formula is C12H13F2N3O2. The second-order valence-corrected chi connectivity index (χ2v) is 3.96. The molecule has 0 spiro atoms. The quantitative estimate of drug-likeness (QED) is 0.490. The van der Waals surface area contributed by atoms with E-state index >= 15 is 0 Å². The molecule has 7 heteroatoms. The van der Waals surface area contributed by atoms with E-state index in [0.29, 0.717) is 5.71 Å². The standard InChI is InChI=1S/C12H13F2N3O2/c1-7(2)16-17-12(19)11(18)15-6-8-3-9(13)5-10(14)4-8/h3-5H,6H2,1-2H3,(H,15,18)(H,17,19). The molecule has 0 aliphatic heterocycles. The number of hydrogen-bond donors (Lipinski definition) is 2. The van der Waals surface area contributed by atoms with E-state index in [2.05, 4.69) is 10.4 Å². The van der Waals surface area contributed by atoms with Gasteiger partial charge in [-0.2, -0.15) is 5.10 Å². The van der Waals surface area contributed by atoms with Crippen LogP contribution >= 0.6 is 0 Å². The zero-order valence-corrected chi connectivity index (χ0v) is 10.5.